The van der Waals surface area contributed by atoms with Crippen molar-refractivity contribution in [2.45, 2.75) is 17.9 Å². The summed E-state index contributed by atoms with van der Waals surface area (Å²) >= 11 is 2.66. The first-order valence-corrected chi connectivity index (χ1v) is 6.01. The van der Waals surface area contributed by atoms with Crippen LogP contribution in [0, 0.1) is 0 Å². The first-order valence-electron chi connectivity index (χ1n) is 4.25. The van der Waals surface area contributed by atoms with E-state index in [9.17, 15) is 9.59 Å². The van der Waals surface area contributed by atoms with Crippen molar-refractivity contribution in [3.8, 4) is 0 Å². The van der Waals surface area contributed by atoms with Gasteiger partial charge >= 0.3 is 5.97 Å². The lowest BCUT2D eigenvalue weighted by molar-refractivity contribution is -0.134. The fourth-order valence-electron chi connectivity index (χ4n) is 0.948. The Balaban J connectivity index is 2.76. The topological polar surface area (TPSA) is 80.4 Å². The summed E-state index contributed by atoms with van der Waals surface area (Å²) in [4.78, 5) is 21.6. The van der Waals surface area contributed by atoms with E-state index in [-0.39, 0.29) is 10.2 Å². The number of rotatable bonds is 4. The molecule has 1 aliphatic rings. The Bertz CT molecular complexity index is 338. The number of carboxylic acids is 1. The Morgan fingerprint density at radius 2 is 2.07 bits per heavy atom. The number of hydrogen-bond acceptors (Lipinski definition) is 4. The highest BCUT2D eigenvalue weighted by Crippen LogP contribution is 2.55. The van der Waals surface area contributed by atoms with Gasteiger partial charge in [0.15, 0.2) is 0 Å². The Kier molecular flexibility index (Phi) is 3.87. The fraction of sp³-hybridized carbons (Fsp3) is 0.333. The van der Waals surface area contributed by atoms with Gasteiger partial charge in [-0.1, -0.05) is 42.6 Å². The van der Waals surface area contributed by atoms with E-state index < -0.39 is 11.9 Å². The van der Waals surface area contributed by atoms with Crippen molar-refractivity contribution < 1.29 is 14.7 Å². The summed E-state index contributed by atoms with van der Waals surface area (Å²) in [5.41, 5.74) is 5.69. The minimum Gasteiger partial charge on any atom is -0.477 e. The van der Waals surface area contributed by atoms with Crippen molar-refractivity contribution in [1.82, 2.24) is 0 Å². The van der Waals surface area contributed by atoms with Crippen molar-refractivity contribution in [3.05, 3.63) is 22.0 Å². The van der Waals surface area contributed by atoms with Crippen molar-refractivity contribution in [3.63, 3.8) is 0 Å². The molecule has 0 spiro atoms. The number of carbonyl (C=O) groups is 2. The number of amides is 1. The number of carbonyl (C=O) groups excluding carboxylic acids is 1. The Labute approximate surface area is 96.0 Å². The Morgan fingerprint density at radius 3 is 2.40 bits per heavy atom. The van der Waals surface area contributed by atoms with Gasteiger partial charge in [-0.2, -0.15) is 0 Å². The van der Waals surface area contributed by atoms with Crippen molar-refractivity contribution in [2.75, 3.05) is 0 Å². The van der Waals surface area contributed by atoms with Crippen LogP contribution in [0.15, 0.2) is 22.0 Å². The number of nitrogens with two attached hydrogens (primary N) is 1. The van der Waals surface area contributed by atoms with E-state index in [1.807, 2.05) is 6.92 Å². The van der Waals surface area contributed by atoms with Crippen LogP contribution in [0.5, 0.6) is 0 Å². The number of aliphatic carboxylic acids is 1. The van der Waals surface area contributed by atoms with Crippen LogP contribution >= 0.6 is 23.5 Å². The second-order valence-corrected chi connectivity index (χ2v) is 5.70. The van der Waals surface area contributed by atoms with Crippen LogP contribution in [0.25, 0.3) is 0 Å². The van der Waals surface area contributed by atoms with E-state index in [0.29, 0.717) is 4.24 Å². The quantitative estimate of drug-likeness (QED) is 0.340. The van der Waals surface area contributed by atoms with E-state index in [4.69, 9.17) is 10.8 Å². The molecule has 1 saturated heterocycles. The van der Waals surface area contributed by atoms with E-state index in [2.05, 4.69) is 6.58 Å². The molecule has 1 heterocycles. The number of hydrogen-bond donors (Lipinski definition) is 2. The van der Waals surface area contributed by atoms with Gasteiger partial charge < -0.3 is 10.8 Å². The molecule has 0 unspecified atom stereocenters. The monoisotopic (exact) mass is 245 g/mol. The van der Waals surface area contributed by atoms with Gasteiger partial charge in [0.2, 0.25) is 0 Å². The summed E-state index contributed by atoms with van der Waals surface area (Å²) in [6.07, 6.45) is 0.844. The molecule has 0 aliphatic carbocycles. The maximum Gasteiger partial charge on any atom is 0.343 e. The molecule has 6 heteroatoms. The third-order valence-electron chi connectivity index (χ3n) is 1.88. The molecule has 1 aliphatic heterocycles. The summed E-state index contributed by atoms with van der Waals surface area (Å²) < 4.78 is 0.633. The molecule has 0 atom stereocenters. The highest BCUT2D eigenvalue weighted by atomic mass is 32.3. The van der Waals surface area contributed by atoms with E-state index >= 15 is 0 Å². The smallest absolute Gasteiger partial charge is 0.343 e. The fourth-order valence-corrected chi connectivity index (χ4v) is 3.50. The molecule has 15 heavy (non-hydrogen) atoms. The highest BCUT2D eigenvalue weighted by Gasteiger charge is 2.33. The minimum absolute atomic E-state index is 0.152. The molecule has 0 aromatic heterocycles. The molecule has 4 nitrogen and oxygen atoms in total. The second kappa shape index (κ2) is 4.76. The SMILES string of the molecule is C=C(CC)C1SC(=C(C(N)=O)C(=O)O)S1. The molecule has 0 aromatic rings. The molecule has 1 amide bonds. The molecular weight excluding hydrogens is 234 g/mol. The van der Waals surface area contributed by atoms with Crippen LogP contribution in [-0.2, 0) is 9.59 Å². The molecule has 1 fully saturated rings. The molecular formula is C9H11NO3S2. The lowest BCUT2D eigenvalue weighted by Gasteiger charge is -2.29. The van der Waals surface area contributed by atoms with E-state index in [1.54, 1.807) is 0 Å². The predicted octanol–water partition coefficient (Wildman–Crippen LogP) is 1.54. The highest BCUT2D eigenvalue weighted by molar-refractivity contribution is 8.38. The second-order valence-electron chi connectivity index (χ2n) is 2.91. The first-order chi connectivity index (χ1) is 6.97. The van der Waals surface area contributed by atoms with Gasteiger partial charge in [0.25, 0.3) is 5.91 Å². The Morgan fingerprint density at radius 1 is 1.53 bits per heavy atom. The molecule has 3 N–H and O–H groups in total. The van der Waals surface area contributed by atoms with Crippen LogP contribution in [-0.4, -0.2) is 21.6 Å². The lowest BCUT2D eigenvalue weighted by Crippen LogP contribution is -2.24. The molecule has 1 rings (SSSR count). The van der Waals surface area contributed by atoms with Crippen LogP contribution in [0.3, 0.4) is 0 Å². The number of thioether (sulfide) groups is 2. The average Bonchev–Trinajstić information content (AvgIpc) is 2.07. The van der Waals surface area contributed by atoms with Gasteiger partial charge in [-0.3, -0.25) is 4.79 Å². The largest absolute Gasteiger partial charge is 0.477 e. The van der Waals surface area contributed by atoms with Crippen LogP contribution < -0.4 is 5.73 Å². The van der Waals surface area contributed by atoms with Gasteiger partial charge in [-0.25, -0.2) is 4.79 Å². The average molecular weight is 245 g/mol. The van der Waals surface area contributed by atoms with Gasteiger partial charge in [-0.05, 0) is 6.42 Å². The molecule has 0 bridgehead atoms. The predicted molar refractivity (Wildman–Crippen MR) is 62.3 cm³/mol. The third kappa shape index (κ3) is 2.57. The lowest BCUT2D eigenvalue weighted by atomic mass is 10.3. The number of primary amides is 1. The van der Waals surface area contributed by atoms with Crippen LogP contribution in [0.4, 0.5) is 0 Å². The third-order valence-corrected chi connectivity index (χ3v) is 4.97. The standard InChI is InChI=1S/C9H11NO3S2/c1-3-4(2)8-14-9(15-8)5(6(10)11)7(12)13/h8H,2-3H2,1H3,(H2,10,11)(H,12,13). The van der Waals surface area contributed by atoms with Crippen LogP contribution in [0.1, 0.15) is 13.3 Å². The summed E-state index contributed by atoms with van der Waals surface area (Å²) in [6, 6.07) is 0. The van der Waals surface area contributed by atoms with Gasteiger partial charge in [0.1, 0.15) is 5.57 Å². The molecule has 82 valence electrons. The Hall–Kier alpha value is -0.880. The zero-order valence-electron chi connectivity index (χ0n) is 8.15. The van der Waals surface area contributed by atoms with Crippen LogP contribution in [0.2, 0.25) is 0 Å². The molecule has 0 saturated carbocycles. The summed E-state index contributed by atoms with van der Waals surface area (Å²) in [5, 5.41) is 8.75. The summed E-state index contributed by atoms with van der Waals surface area (Å²) in [7, 11) is 0. The van der Waals surface area contributed by atoms with E-state index in [1.165, 1.54) is 23.5 Å². The van der Waals surface area contributed by atoms with E-state index in [0.717, 1.165) is 12.0 Å². The normalized spacial score (nSPS) is 19.3. The number of carboxylic acid groups (broad SMARTS) is 1. The molecule has 0 radical (unpaired) electrons. The maximum absolute atomic E-state index is 10.9. The summed E-state index contributed by atoms with van der Waals surface area (Å²) in [5.74, 6) is -2.16. The van der Waals surface area contributed by atoms with Gasteiger partial charge in [0, 0.05) is 0 Å². The zero-order chi connectivity index (χ0) is 11.6. The maximum atomic E-state index is 10.9. The van der Waals surface area contributed by atoms with Gasteiger partial charge in [0.05, 0.1) is 8.82 Å². The minimum atomic E-state index is -1.27. The van der Waals surface area contributed by atoms with Gasteiger partial charge in [-0.15, -0.1) is 0 Å². The zero-order valence-corrected chi connectivity index (χ0v) is 9.78. The van der Waals surface area contributed by atoms with Crippen molar-refractivity contribution in [2.24, 2.45) is 5.73 Å². The molecule has 0 aromatic carbocycles. The van der Waals surface area contributed by atoms with Crippen molar-refractivity contribution in [1.29, 1.82) is 0 Å². The summed E-state index contributed by atoms with van der Waals surface area (Å²) in [6.45, 7) is 5.83. The first kappa shape index (κ1) is 12.2. The van der Waals surface area contributed by atoms with Crippen molar-refractivity contribution >= 4 is 35.4 Å².